The highest BCUT2D eigenvalue weighted by Crippen LogP contribution is 2.05. The number of carbonyl (C=O) groups excluding carboxylic acids is 1. The first-order valence-electron chi connectivity index (χ1n) is 19.2. The molecule has 0 aliphatic rings. The van der Waals surface area contributed by atoms with Crippen LogP contribution in [0.1, 0.15) is 91.4 Å². The first-order chi connectivity index (χ1) is 22.9. The molecule has 0 aromatic rings. The van der Waals surface area contributed by atoms with E-state index in [1.165, 1.54) is 64.6 Å². The molecule has 0 radical (unpaired) electrons. The van der Waals surface area contributed by atoms with E-state index >= 15 is 0 Å². The fourth-order valence-electron chi connectivity index (χ4n) is 5.57. The summed E-state index contributed by atoms with van der Waals surface area (Å²) in [5.74, 6) is -0.0545. The van der Waals surface area contributed by atoms with Crippen LogP contribution in [-0.2, 0) is 4.79 Å². The van der Waals surface area contributed by atoms with E-state index in [4.69, 9.17) is 28.7 Å². The Morgan fingerprint density at radius 1 is 0.511 bits per heavy atom. The van der Waals surface area contributed by atoms with Crippen LogP contribution in [-0.4, -0.2) is 156 Å². The van der Waals surface area contributed by atoms with Gasteiger partial charge in [-0.2, -0.15) is 0 Å². The molecule has 47 heavy (non-hydrogen) atoms. The van der Waals surface area contributed by atoms with Crippen LogP contribution >= 0.6 is 0 Å². The van der Waals surface area contributed by atoms with Crippen molar-refractivity contribution in [2.24, 2.45) is 28.7 Å². The quantitative estimate of drug-likeness (QED) is 0.0484. The molecule has 1 unspecified atom stereocenters. The van der Waals surface area contributed by atoms with Gasteiger partial charge in [-0.25, -0.2) is 0 Å². The summed E-state index contributed by atoms with van der Waals surface area (Å²) in [5, 5.41) is 6.10. The minimum absolute atomic E-state index is 0.0545. The van der Waals surface area contributed by atoms with E-state index in [0.717, 1.165) is 111 Å². The van der Waals surface area contributed by atoms with Crippen LogP contribution in [0.25, 0.3) is 0 Å². The van der Waals surface area contributed by atoms with Crippen LogP contribution in [0.5, 0.6) is 0 Å². The summed E-state index contributed by atoms with van der Waals surface area (Å²) in [6.07, 6.45) is 12.7. The van der Waals surface area contributed by atoms with Gasteiger partial charge in [0.1, 0.15) is 0 Å². The fraction of sp³-hybridized carbons (Fsp3) is 0.971. The van der Waals surface area contributed by atoms with Gasteiger partial charge in [-0.15, -0.1) is 0 Å². The normalized spacial score (nSPS) is 12.3. The number of nitrogens with one attached hydrogen (secondary N) is 2. The SMILES string of the molecule is CCCCCC(N)C(=O)NC.CCCNCCN(CCN(CCN)CCN)CCN(CCCCN)CCCCCN(CCC)CCN. The average molecular weight is 674 g/mol. The fourth-order valence-corrected chi connectivity index (χ4v) is 5.57. The van der Waals surface area contributed by atoms with Gasteiger partial charge in [-0.3, -0.25) is 14.6 Å². The summed E-state index contributed by atoms with van der Waals surface area (Å²) >= 11 is 0. The van der Waals surface area contributed by atoms with Crippen molar-refractivity contribution in [2.75, 3.05) is 125 Å². The van der Waals surface area contributed by atoms with E-state index in [1.54, 1.807) is 7.05 Å². The molecule has 12 N–H and O–H groups in total. The molecule has 0 heterocycles. The highest BCUT2D eigenvalue weighted by molar-refractivity contribution is 5.81. The third-order valence-corrected chi connectivity index (χ3v) is 8.45. The summed E-state index contributed by atoms with van der Waals surface area (Å²) in [5.41, 5.74) is 28.8. The molecule has 0 aromatic carbocycles. The van der Waals surface area contributed by atoms with Crippen molar-refractivity contribution in [1.29, 1.82) is 0 Å². The Morgan fingerprint density at radius 3 is 1.45 bits per heavy atom. The van der Waals surface area contributed by atoms with Crippen LogP contribution in [0.15, 0.2) is 0 Å². The number of carbonyl (C=O) groups is 1. The van der Waals surface area contributed by atoms with Gasteiger partial charge in [0, 0.05) is 85.6 Å². The highest BCUT2D eigenvalue weighted by atomic mass is 16.2. The largest absolute Gasteiger partial charge is 0.358 e. The lowest BCUT2D eigenvalue weighted by Gasteiger charge is -2.30. The lowest BCUT2D eigenvalue weighted by molar-refractivity contribution is -0.122. The van der Waals surface area contributed by atoms with Gasteiger partial charge in [0.05, 0.1) is 6.04 Å². The molecule has 0 rings (SSSR count). The summed E-state index contributed by atoms with van der Waals surface area (Å²) < 4.78 is 0. The average Bonchev–Trinajstić information content (AvgIpc) is 3.07. The zero-order chi connectivity index (χ0) is 35.4. The number of hydrogen-bond acceptors (Lipinski definition) is 11. The molecule has 0 saturated heterocycles. The molecule has 0 aromatic heterocycles. The maximum absolute atomic E-state index is 10.9. The Hall–Kier alpha value is -0.930. The smallest absolute Gasteiger partial charge is 0.236 e. The molecule has 0 bridgehead atoms. The summed E-state index contributed by atoms with van der Waals surface area (Å²) in [6, 6.07) is -0.313. The van der Waals surface area contributed by atoms with Gasteiger partial charge in [0.25, 0.3) is 0 Å². The Balaban J connectivity index is 0. The highest BCUT2D eigenvalue weighted by Gasteiger charge is 2.12. The standard InChI is InChI=1S/C27H65N9.C8H18N2O/c1-3-14-32-15-23-36(27-25-35(21-12-30)22-13-31)26-24-34(19-9-6-10-28)18-8-5-7-17-33(16-4-2)20-11-29;1-3-4-5-6-7(9)8(11)10-2/h32H,3-31H2,1-2H3;7H,3-6,9H2,1-2H3,(H,10,11). The van der Waals surface area contributed by atoms with Crippen molar-refractivity contribution in [1.82, 2.24) is 30.2 Å². The van der Waals surface area contributed by atoms with E-state index in [-0.39, 0.29) is 11.9 Å². The third kappa shape index (κ3) is 32.1. The maximum atomic E-state index is 10.9. The van der Waals surface area contributed by atoms with Crippen LogP contribution < -0.4 is 39.3 Å². The second-order valence-corrected chi connectivity index (χ2v) is 12.8. The molecular formula is C35H83N11O. The Kier molecular flexibility index (Phi) is 38.8. The summed E-state index contributed by atoms with van der Waals surface area (Å²) in [7, 11) is 1.61. The number of nitrogens with two attached hydrogens (primary N) is 5. The van der Waals surface area contributed by atoms with Crippen molar-refractivity contribution in [3.05, 3.63) is 0 Å². The second-order valence-electron chi connectivity index (χ2n) is 12.8. The molecule has 1 amide bonds. The molecule has 12 nitrogen and oxygen atoms in total. The van der Waals surface area contributed by atoms with Gasteiger partial charge in [-0.1, -0.05) is 46.5 Å². The molecule has 0 spiro atoms. The molecular weight excluding hydrogens is 590 g/mol. The van der Waals surface area contributed by atoms with Gasteiger partial charge in [0.2, 0.25) is 5.91 Å². The zero-order valence-corrected chi connectivity index (χ0v) is 31.7. The van der Waals surface area contributed by atoms with Crippen molar-refractivity contribution in [3.8, 4) is 0 Å². The van der Waals surface area contributed by atoms with Gasteiger partial charge < -0.3 is 49.1 Å². The molecule has 284 valence electrons. The molecule has 0 aliphatic carbocycles. The minimum Gasteiger partial charge on any atom is -0.358 e. The first kappa shape index (κ1) is 48.2. The predicted octanol–water partition coefficient (Wildman–Crippen LogP) is 1.03. The van der Waals surface area contributed by atoms with E-state index in [9.17, 15) is 4.79 Å². The van der Waals surface area contributed by atoms with E-state index in [2.05, 4.69) is 51.0 Å². The summed E-state index contributed by atoms with van der Waals surface area (Å²) in [4.78, 5) is 21.1. The summed E-state index contributed by atoms with van der Waals surface area (Å²) in [6.45, 7) is 24.6. The number of hydrogen-bond donors (Lipinski definition) is 7. The first-order valence-corrected chi connectivity index (χ1v) is 19.2. The van der Waals surface area contributed by atoms with Crippen LogP contribution in [0.4, 0.5) is 0 Å². The molecule has 0 aliphatic heterocycles. The molecule has 1 atom stereocenters. The number of amides is 1. The van der Waals surface area contributed by atoms with Crippen LogP contribution in [0.3, 0.4) is 0 Å². The monoisotopic (exact) mass is 674 g/mol. The van der Waals surface area contributed by atoms with Crippen molar-refractivity contribution in [2.45, 2.75) is 97.4 Å². The zero-order valence-electron chi connectivity index (χ0n) is 31.7. The lowest BCUT2D eigenvalue weighted by atomic mass is 10.1. The van der Waals surface area contributed by atoms with Crippen LogP contribution in [0, 0.1) is 0 Å². The van der Waals surface area contributed by atoms with Gasteiger partial charge in [-0.05, 0) is 84.2 Å². The molecule has 12 heteroatoms. The Bertz CT molecular complexity index is 620. The number of unbranched alkanes of at least 4 members (excludes halogenated alkanes) is 5. The van der Waals surface area contributed by atoms with Crippen molar-refractivity contribution in [3.63, 3.8) is 0 Å². The van der Waals surface area contributed by atoms with E-state index in [1.807, 2.05) is 0 Å². The van der Waals surface area contributed by atoms with E-state index in [0.29, 0.717) is 13.1 Å². The number of nitrogens with zero attached hydrogens (tertiary/aromatic N) is 4. The van der Waals surface area contributed by atoms with Crippen molar-refractivity contribution < 1.29 is 4.79 Å². The topological polar surface area (TPSA) is 184 Å². The Labute approximate surface area is 291 Å². The van der Waals surface area contributed by atoms with Gasteiger partial charge in [0.15, 0.2) is 0 Å². The third-order valence-electron chi connectivity index (χ3n) is 8.45. The number of likely N-dealkylation sites (N-methyl/N-ethyl adjacent to an activating group) is 1. The predicted molar refractivity (Wildman–Crippen MR) is 205 cm³/mol. The van der Waals surface area contributed by atoms with Gasteiger partial charge >= 0.3 is 0 Å². The molecule has 0 saturated carbocycles. The number of rotatable bonds is 34. The lowest BCUT2D eigenvalue weighted by Crippen LogP contribution is -2.44. The van der Waals surface area contributed by atoms with Crippen LogP contribution in [0.2, 0.25) is 0 Å². The second kappa shape index (κ2) is 37.9. The Morgan fingerprint density at radius 2 is 1.00 bits per heavy atom. The van der Waals surface area contributed by atoms with E-state index < -0.39 is 0 Å². The molecule has 0 fully saturated rings. The minimum atomic E-state index is -0.313. The van der Waals surface area contributed by atoms with Crippen molar-refractivity contribution >= 4 is 5.91 Å². The maximum Gasteiger partial charge on any atom is 0.236 e.